The van der Waals surface area contributed by atoms with E-state index in [9.17, 15) is 0 Å². The molecule has 0 amide bonds. The van der Waals surface area contributed by atoms with Crippen molar-refractivity contribution in [3.05, 3.63) is 23.8 Å². The standard InChI is InChI=1S/C12H17NO/c1-3-14-11-4-5-12-10(7-11)6-9(2)8-13-12/h4-5,7,9,13H,3,6,8H2,1-2H3. The van der Waals surface area contributed by atoms with Crippen molar-refractivity contribution in [3.8, 4) is 5.75 Å². The molecule has 1 aromatic carbocycles. The maximum atomic E-state index is 5.48. The molecular weight excluding hydrogens is 174 g/mol. The summed E-state index contributed by atoms with van der Waals surface area (Å²) in [5, 5.41) is 3.43. The van der Waals surface area contributed by atoms with E-state index < -0.39 is 0 Å². The molecule has 1 aliphatic rings. The molecule has 0 aliphatic carbocycles. The van der Waals surface area contributed by atoms with Gasteiger partial charge in [0.1, 0.15) is 5.75 Å². The Kier molecular flexibility index (Phi) is 2.62. The monoisotopic (exact) mass is 191 g/mol. The second-order valence-corrected chi connectivity index (χ2v) is 3.94. The highest BCUT2D eigenvalue weighted by Gasteiger charge is 2.14. The second-order valence-electron chi connectivity index (χ2n) is 3.94. The maximum Gasteiger partial charge on any atom is 0.119 e. The first kappa shape index (κ1) is 9.38. The molecular formula is C12H17NO. The Morgan fingerprint density at radius 1 is 1.50 bits per heavy atom. The van der Waals surface area contributed by atoms with Crippen molar-refractivity contribution >= 4 is 5.69 Å². The summed E-state index contributed by atoms with van der Waals surface area (Å²) in [6, 6.07) is 6.30. The van der Waals surface area contributed by atoms with E-state index in [1.54, 1.807) is 0 Å². The van der Waals surface area contributed by atoms with E-state index in [1.807, 2.05) is 13.0 Å². The van der Waals surface area contributed by atoms with E-state index in [-0.39, 0.29) is 0 Å². The molecule has 0 aromatic heterocycles. The summed E-state index contributed by atoms with van der Waals surface area (Å²) < 4.78 is 5.48. The van der Waals surface area contributed by atoms with Crippen molar-refractivity contribution in [2.45, 2.75) is 20.3 Å². The van der Waals surface area contributed by atoms with Gasteiger partial charge in [-0.25, -0.2) is 0 Å². The van der Waals surface area contributed by atoms with Crippen LogP contribution in [0.3, 0.4) is 0 Å². The Hall–Kier alpha value is -1.18. The van der Waals surface area contributed by atoms with Gasteiger partial charge in [0, 0.05) is 12.2 Å². The Bertz CT molecular complexity index is 322. The van der Waals surface area contributed by atoms with Crippen LogP contribution in [0, 0.1) is 5.92 Å². The number of fused-ring (bicyclic) bond motifs is 1. The van der Waals surface area contributed by atoms with Crippen molar-refractivity contribution in [2.75, 3.05) is 18.5 Å². The third-order valence-electron chi connectivity index (χ3n) is 2.60. The lowest BCUT2D eigenvalue weighted by Gasteiger charge is -2.23. The summed E-state index contributed by atoms with van der Waals surface area (Å²) in [4.78, 5) is 0. The fraction of sp³-hybridized carbons (Fsp3) is 0.500. The molecule has 1 aromatic rings. The third-order valence-corrected chi connectivity index (χ3v) is 2.60. The van der Waals surface area contributed by atoms with Crippen molar-refractivity contribution in [1.29, 1.82) is 0 Å². The van der Waals surface area contributed by atoms with E-state index in [1.165, 1.54) is 11.3 Å². The summed E-state index contributed by atoms with van der Waals surface area (Å²) in [5.74, 6) is 1.71. The highest BCUT2D eigenvalue weighted by Crippen LogP contribution is 2.28. The van der Waals surface area contributed by atoms with Crippen LogP contribution in [0.25, 0.3) is 0 Å². The van der Waals surface area contributed by atoms with Crippen LogP contribution in [0.5, 0.6) is 5.75 Å². The molecule has 1 aliphatic heterocycles. The highest BCUT2D eigenvalue weighted by molar-refractivity contribution is 5.56. The number of ether oxygens (including phenoxy) is 1. The fourth-order valence-corrected chi connectivity index (χ4v) is 1.90. The quantitative estimate of drug-likeness (QED) is 0.776. The van der Waals surface area contributed by atoms with Crippen LogP contribution in [0.1, 0.15) is 19.4 Å². The van der Waals surface area contributed by atoms with Crippen LogP contribution in [0.2, 0.25) is 0 Å². The van der Waals surface area contributed by atoms with Crippen molar-refractivity contribution in [3.63, 3.8) is 0 Å². The van der Waals surface area contributed by atoms with Gasteiger partial charge in [0.15, 0.2) is 0 Å². The first-order chi connectivity index (χ1) is 6.79. The number of anilines is 1. The van der Waals surface area contributed by atoms with Crippen molar-refractivity contribution < 1.29 is 4.74 Å². The molecule has 0 saturated carbocycles. The molecule has 1 unspecified atom stereocenters. The number of nitrogens with one attached hydrogen (secondary N) is 1. The van der Waals surface area contributed by atoms with Crippen LogP contribution < -0.4 is 10.1 Å². The predicted octanol–water partition coefficient (Wildman–Crippen LogP) is 2.69. The first-order valence-corrected chi connectivity index (χ1v) is 5.29. The Labute approximate surface area is 85.3 Å². The molecule has 2 heteroatoms. The number of hydrogen-bond donors (Lipinski definition) is 1. The Morgan fingerprint density at radius 2 is 2.36 bits per heavy atom. The van der Waals surface area contributed by atoms with Gasteiger partial charge in [0.2, 0.25) is 0 Å². The summed E-state index contributed by atoms with van der Waals surface area (Å²) in [5.41, 5.74) is 2.65. The van der Waals surface area contributed by atoms with Gasteiger partial charge >= 0.3 is 0 Å². The molecule has 1 heterocycles. The maximum absolute atomic E-state index is 5.48. The average molecular weight is 191 g/mol. The summed E-state index contributed by atoms with van der Waals surface area (Å²) >= 11 is 0. The molecule has 0 bridgehead atoms. The third kappa shape index (κ3) is 1.84. The molecule has 0 saturated heterocycles. The highest BCUT2D eigenvalue weighted by atomic mass is 16.5. The molecule has 0 fully saturated rings. The largest absolute Gasteiger partial charge is 0.494 e. The fourth-order valence-electron chi connectivity index (χ4n) is 1.90. The molecule has 1 atom stereocenters. The van der Waals surface area contributed by atoms with Gasteiger partial charge in [-0.2, -0.15) is 0 Å². The summed E-state index contributed by atoms with van der Waals surface area (Å²) in [6.07, 6.45) is 1.16. The second kappa shape index (κ2) is 3.91. The molecule has 1 N–H and O–H groups in total. The zero-order chi connectivity index (χ0) is 9.97. The Morgan fingerprint density at radius 3 is 3.14 bits per heavy atom. The zero-order valence-corrected chi connectivity index (χ0v) is 8.84. The molecule has 0 spiro atoms. The lowest BCUT2D eigenvalue weighted by atomic mass is 9.95. The number of benzene rings is 1. The van der Waals surface area contributed by atoms with Crippen LogP contribution in [-0.2, 0) is 6.42 Å². The molecule has 2 nitrogen and oxygen atoms in total. The number of rotatable bonds is 2. The summed E-state index contributed by atoms with van der Waals surface area (Å²) in [6.45, 7) is 6.10. The number of hydrogen-bond acceptors (Lipinski definition) is 2. The van der Waals surface area contributed by atoms with Gasteiger partial charge in [-0.3, -0.25) is 0 Å². The topological polar surface area (TPSA) is 21.3 Å². The SMILES string of the molecule is CCOc1ccc2c(c1)CC(C)CN2. The van der Waals surface area contributed by atoms with E-state index in [4.69, 9.17) is 4.74 Å². The minimum atomic E-state index is 0.722. The van der Waals surface area contributed by atoms with E-state index in [0.717, 1.165) is 31.2 Å². The van der Waals surface area contributed by atoms with Crippen molar-refractivity contribution in [1.82, 2.24) is 0 Å². The van der Waals surface area contributed by atoms with Crippen LogP contribution in [0.15, 0.2) is 18.2 Å². The van der Waals surface area contributed by atoms with E-state index in [2.05, 4.69) is 24.4 Å². The normalized spacial score (nSPS) is 19.7. The van der Waals surface area contributed by atoms with Gasteiger partial charge in [-0.05, 0) is 43.0 Å². The van der Waals surface area contributed by atoms with Gasteiger partial charge in [0.25, 0.3) is 0 Å². The lowest BCUT2D eigenvalue weighted by Crippen LogP contribution is -2.20. The van der Waals surface area contributed by atoms with Crippen LogP contribution in [0.4, 0.5) is 5.69 Å². The van der Waals surface area contributed by atoms with Gasteiger partial charge < -0.3 is 10.1 Å². The first-order valence-electron chi connectivity index (χ1n) is 5.29. The van der Waals surface area contributed by atoms with Crippen molar-refractivity contribution in [2.24, 2.45) is 5.92 Å². The van der Waals surface area contributed by atoms with Crippen LogP contribution in [-0.4, -0.2) is 13.2 Å². The smallest absolute Gasteiger partial charge is 0.119 e. The van der Waals surface area contributed by atoms with Gasteiger partial charge in [0.05, 0.1) is 6.61 Å². The molecule has 76 valence electrons. The lowest BCUT2D eigenvalue weighted by molar-refractivity contribution is 0.339. The van der Waals surface area contributed by atoms with Crippen LogP contribution >= 0.6 is 0 Å². The minimum absolute atomic E-state index is 0.722. The summed E-state index contributed by atoms with van der Waals surface area (Å²) in [7, 11) is 0. The van der Waals surface area contributed by atoms with E-state index in [0.29, 0.717) is 0 Å². The molecule has 0 radical (unpaired) electrons. The van der Waals surface area contributed by atoms with E-state index >= 15 is 0 Å². The minimum Gasteiger partial charge on any atom is -0.494 e. The predicted molar refractivity (Wildman–Crippen MR) is 59.0 cm³/mol. The molecule has 2 rings (SSSR count). The average Bonchev–Trinajstić information content (AvgIpc) is 2.17. The zero-order valence-electron chi connectivity index (χ0n) is 8.84. The van der Waals surface area contributed by atoms with Gasteiger partial charge in [-0.1, -0.05) is 6.92 Å². The molecule has 14 heavy (non-hydrogen) atoms. The van der Waals surface area contributed by atoms with Gasteiger partial charge in [-0.15, -0.1) is 0 Å². The Balaban J connectivity index is 2.24.